The molecule has 6 nitrogen and oxygen atoms in total. The first-order valence-electron chi connectivity index (χ1n) is 8.17. The van der Waals surface area contributed by atoms with Crippen molar-refractivity contribution in [2.24, 2.45) is 0 Å². The zero-order valence-electron chi connectivity index (χ0n) is 14.4. The van der Waals surface area contributed by atoms with E-state index < -0.39 is 0 Å². The number of aromatic nitrogens is 1. The van der Waals surface area contributed by atoms with Gasteiger partial charge in [0, 0.05) is 26.2 Å². The van der Waals surface area contributed by atoms with Crippen LogP contribution in [0.25, 0.3) is 0 Å². The molecule has 2 heterocycles. The number of rotatable bonds is 4. The molecule has 0 unspecified atom stereocenters. The smallest absolute Gasteiger partial charge is 0.257 e. The molecule has 1 aliphatic rings. The Labute approximate surface area is 142 Å². The van der Waals surface area contributed by atoms with Crippen molar-refractivity contribution < 1.29 is 14.1 Å². The van der Waals surface area contributed by atoms with E-state index in [-0.39, 0.29) is 5.91 Å². The monoisotopic (exact) mass is 329 g/mol. The van der Waals surface area contributed by atoms with Crippen molar-refractivity contribution in [2.75, 3.05) is 33.2 Å². The van der Waals surface area contributed by atoms with Gasteiger partial charge in [0.2, 0.25) is 0 Å². The molecular formula is C18H23N3O3. The van der Waals surface area contributed by atoms with Crippen LogP contribution in [0.2, 0.25) is 0 Å². The van der Waals surface area contributed by atoms with Crippen LogP contribution in [-0.4, -0.2) is 54.1 Å². The van der Waals surface area contributed by atoms with Crippen molar-refractivity contribution in [3.05, 3.63) is 46.8 Å². The lowest BCUT2D eigenvalue weighted by molar-refractivity contribution is 0.0659. The molecule has 0 radical (unpaired) electrons. The Morgan fingerprint density at radius 2 is 1.92 bits per heavy atom. The highest BCUT2D eigenvalue weighted by atomic mass is 16.5. The van der Waals surface area contributed by atoms with E-state index >= 15 is 0 Å². The summed E-state index contributed by atoms with van der Waals surface area (Å²) >= 11 is 0. The zero-order valence-corrected chi connectivity index (χ0v) is 14.4. The van der Waals surface area contributed by atoms with Gasteiger partial charge in [-0.25, -0.2) is 0 Å². The average Bonchev–Trinajstić information content (AvgIpc) is 2.91. The Balaban J connectivity index is 1.74. The summed E-state index contributed by atoms with van der Waals surface area (Å²) in [7, 11) is 2.07. The minimum atomic E-state index is 0.0254. The maximum absolute atomic E-state index is 12.8. The van der Waals surface area contributed by atoms with E-state index in [1.165, 1.54) is 0 Å². The van der Waals surface area contributed by atoms with Gasteiger partial charge in [0.25, 0.3) is 5.91 Å². The van der Waals surface area contributed by atoms with Crippen LogP contribution >= 0.6 is 0 Å². The highest BCUT2D eigenvalue weighted by Crippen LogP contribution is 2.23. The number of hydrogen-bond donors (Lipinski definition) is 0. The lowest BCUT2D eigenvalue weighted by Gasteiger charge is -2.32. The number of para-hydroxylation sites is 1. The molecule has 1 aromatic carbocycles. The van der Waals surface area contributed by atoms with Gasteiger partial charge in [-0.2, -0.15) is 0 Å². The summed E-state index contributed by atoms with van der Waals surface area (Å²) in [5, 5.41) is 3.93. The number of likely N-dealkylation sites (N-methyl/N-ethyl adjacent to an activating group) is 1. The number of aryl methyl sites for hydroxylation is 2. The van der Waals surface area contributed by atoms with Gasteiger partial charge in [-0.15, -0.1) is 0 Å². The molecule has 0 N–H and O–H groups in total. The Kier molecular flexibility index (Phi) is 4.85. The number of amides is 1. The quantitative estimate of drug-likeness (QED) is 0.861. The fourth-order valence-electron chi connectivity index (χ4n) is 2.81. The molecule has 128 valence electrons. The van der Waals surface area contributed by atoms with Crippen molar-refractivity contribution in [1.29, 1.82) is 0 Å². The second kappa shape index (κ2) is 7.05. The third-order valence-electron chi connectivity index (χ3n) is 4.46. The van der Waals surface area contributed by atoms with E-state index in [0.717, 1.165) is 43.2 Å². The van der Waals surface area contributed by atoms with Crippen LogP contribution in [0.15, 0.2) is 28.8 Å². The van der Waals surface area contributed by atoms with Gasteiger partial charge in [-0.05, 0) is 33.0 Å². The topological polar surface area (TPSA) is 58.8 Å². The number of benzene rings is 1. The van der Waals surface area contributed by atoms with Crippen molar-refractivity contribution in [2.45, 2.75) is 20.5 Å². The maximum Gasteiger partial charge on any atom is 0.257 e. The van der Waals surface area contributed by atoms with Crippen LogP contribution in [0, 0.1) is 13.8 Å². The van der Waals surface area contributed by atoms with Crippen LogP contribution in [-0.2, 0) is 6.61 Å². The third kappa shape index (κ3) is 3.43. The van der Waals surface area contributed by atoms with E-state index in [9.17, 15) is 4.79 Å². The number of piperazine rings is 1. The molecule has 1 aromatic heterocycles. The first-order chi connectivity index (χ1) is 11.6. The van der Waals surface area contributed by atoms with Gasteiger partial charge in [0.15, 0.2) is 0 Å². The van der Waals surface area contributed by atoms with E-state index in [2.05, 4.69) is 17.1 Å². The van der Waals surface area contributed by atoms with Crippen molar-refractivity contribution in [1.82, 2.24) is 15.0 Å². The Morgan fingerprint density at radius 1 is 1.21 bits per heavy atom. The lowest BCUT2D eigenvalue weighted by atomic mass is 10.1. The van der Waals surface area contributed by atoms with Crippen molar-refractivity contribution >= 4 is 5.91 Å². The molecule has 0 atom stereocenters. The van der Waals surface area contributed by atoms with Gasteiger partial charge in [-0.3, -0.25) is 4.79 Å². The van der Waals surface area contributed by atoms with E-state index in [1.807, 2.05) is 43.0 Å². The Hall–Kier alpha value is -2.34. The lowest BCUT2D eigenvalue weighted by Crippen LogP contribution is -2.47. The van der Waals surface area contributed by atoms with Crippen molar-refractivity contribution in [3.8, 4) is 5.75 Å². The normalized spacial score (nSPS) is 15.5. The van der Waals surface area contributed by atoms with E-state index in [1.54, 1.807) is 0 Å². The zero-order chi connectivity index (χ0) is 17.1. The highest BCUT2D eigenvalue weighted by molar-refractivity contribution is 5.97. The molecule has 6 heteroatoms. The Bertz CT molecular complexity index is 699. The van der Waals surface area contributed by atoms with Crippen LogP contribution in [0.1, 0.15) is 27.4 Å². The van der Waals surface area contributed by atoms with Crippen LogP contribution in [0.3, 0.4) is 0 Å². The molecular weight excluding hydrogens is 306 g/mol. The SMILES string of the molecule is Cc1noc(C)c1COc1ccccc1C(=O)N1CCN(C)CC1. The third-order valence-corrected chi connectivity index (χ3v) is 4.46. The number of carbonyl (C=O) groups excluding carboxylic acids is 1. The first-order valence-corrected chi connectivity index (χ1v) is 8.17. The van der Waals surface area contributed by atoms with Gasteiger partial charge < -0.3 is 19.1 Å². The molecule has 0 bridgehead atoms. The Morgan fingerprint density at radius 3 is 2.58 bits per heavy atom. The number of nitrogens with zero attached hydrogens (tertiary/aromatic N) is 3. The summed E-state index contributed by atoms with van der Waals surface area (Å²) in [5.74, 6) is 1.37. The molecule has 3 rings (SSSR count). The van der Waals surface area contributed by atoms with Crippen LogP contribution in [0.5, 0.6) is 5.75 Å². The average molecular weight is 329 g/mol. The van der Waals surface area contributed by atoms with Gasteiger partial charge in [-0.1, -0.05) is 17.3 Å². The number of carbonyl (C=O) groups is 1. The predicted molar refractivity (Wildman–Crippen MR) is 90.2 cm³/mol. The van der Waals surface area contributed by atoms with Gasteiger partial charge in [0.1, 0.15) is 18.1 Å². The molecule has 24 heavy (non-hydrogen) atoms. The van der Waals surface area contributed by atoms with Crippen LogP contribution < -0.4 is 4.74 Å². The summed E-state index contributed by atoms with van der Waals surface area (Å²) in [6, 6.07) is 7.40. The first kappa shape index (κ1) is 16.5. The molecule has 1 amide bonds. The summed E-state index contributed by atoms with van der Waals surface area (Å²) in [6.07, 6.45) is 0. The number of hydrogen-bond acceptors (Lipinski definition) is 5. The highest BCUT2D eigenvalue weighted by Gasteiger charge is 2.23. The second-order valence-electron chi connectivity index (χ2n) is 6.18. The standard InChI is InChI=1S/C18H23N3O3/c1-13-16(14(2)24-19-13)12-23-17-7-5-4-6-15(17)18(22)21-10-8-20(3)9-11-21/h4-7H,8-12H2,1-3H3. The number of ether oxygens (including phenoxy) is 1. The summed E-state index contributed by atoms with van der Waals surface area (Å²) in [4.78, 5) is 16.9. The van der Waals surface area contributed by atoms with E-state index in [4.69, 9.17) is 9.26 Å². The second-order valence-corrected chi connectivity index (χ2v) is 6.18. The van der Waals surface area contributed by atoms with Gasteiger partial charge >= 0.3 is 0 Å². The van der Waals surface area contributed by atoms with E-state index in [0.29, 0.717) is 17.9 Å². The van der Waals surface area contributed by atoms with Crippen LogP contribution in [0.4, 0.5) is 0 Å². The fourth-order valence-corrected chi connectivity index (χ4v) is 2.81. The molecule has 1 aliphatic heterocycles. The molecule has 0 spiro atoms. The van der Waals surface area contributed by atoms with Crippen molar-refractivity contribution in [3.63, 3.8) is 0 Å². The molecule has 0 aliphatic carbocycles. The maximum atomic E-state index is 12.8. The fraction of sp³-hybridized carbons (Fsp3) is 0.444. The molecule has 0 saturated carbocycles. The van der Waals surface area contributed by atoms with Gasteiger partial charge in [0.05, 0.1) is 16.8 Å². The minimum absolute atomic E-state index is 0.0254. The summed E-state index contributed by atoms with van der Waals surface area (Å²) in [5.41, 5.74) is 2.35. The predicted octanol–water partition coefficient (Wildman–Crippen LogP) is 2.26. The molecule has 2 aromatic rings. The summed E-state index contributed by atoms with van der Waals surface area (Å²) < 4.78 is 11.1. The largest absolute Gasteiger partial charge is 0.488 e. The minimum Gasteiger partial charge on any atom is -0.488 e. The molecule has 1 fully saturated rings. The molecule has 1 saturated heterocycles. The summed E-state index contributed by atoms with van der Waals surface area (Å²) in [6.45, 7) is 7.37.